The van der Waals surface area contributed by atoms with Gasteiger partial charge in [-0.05, 0) is 19.5 Å². The molecule has 2 nitrogen and oxygen atoms in total. The summed E-state index contributed by atoms with van der Waals surface area (Å²) in [4.78, 5) is 0. The Hall–Kier alpha value is -1.28. The molecule has 0 radical (unpaired) electrons. The largest absolute Gasteiger partial charge is 0.486 e. The van der Waals surface area contributed by atoms with Crippen LogP contribution in [-0.2, 0) is 6.54 Å². The summed E-state index contributed by atoms with van der Waals surface area (Å²) >= 11 is 0. The second kappa shape index (κ2) is 6.25. The van der Waals surface area contributed by atoms with E-state index in [9.17, 15) is 0 Å². The topological polar surface area (TPSA) is 21.3 Å². The highest BCUT2D eigenvalue weighted by Gasteiger charge is 2.04. The van der Waals surface area contributed by atoms with Crippen LogP contribution in [0.5, 0.6) is 5.75 Å². The second-order valence-electron chi connectivity index (χ2n) is 3.45. The molecule has 1 aromatic rings. The maximum Gasteiger partial charge on any atom is 0.124 e. The molecular weight excluding hydrogens is 186 g/mol. The van der Waals surface area contributed by atoms with E-state index >= 15 is 0 Å². The zero-order chi connectivity index (χ0) is 11.1. The van der Waals surface area contributed by atoms with Gasteiger partial charge >= 0.3 is 0 Å². The molecule has 0 spiro atoms. The summed E-state index contributed by atoms with van der Waals surface area (Å²) < 4.78 is 5.73. The maximum atomic E-state index is 5.73. The van der Waals surface area contributed by atoms with Gasteiger partial charge in [0, 0.05) is 12.1 Å². The molecule has 1 aromatic carbocycles. The first-order chi connectivity index (χ1) is 7.27. The van der Waals surface area contributed by atoms with Gasteiger partial charge in [0.05, 0.1) is 0 Å². The molecule has 0 saturated heterocycles. The summed E-state index contributed by atoms with van der Waals surface area (Å²) in [7, 11) is 0. The van der Waals surface area contributed by atoms with E-state index in [1.807, 2.05) is 25.1 Å². The van der Waals surface area contributed by atoms with E-state index < -0.39 is 0 Å². The molecule has 1 unspecified atom stereocenters. The fourth-order valence-corrected chi connectivity index (χ4v) is 1.27. The van der Waals surface area contributed by atoms with Crippen LogP contribution in [0.4, 0.5) is 0 Å². The van der Waals surface area contributed by atoms with Crippen molar-refractivity contribution >= 4 is 0 Å². The number of benzene rings is 1. The first kappa shape index (κ1) is 11.8. The van der Waals surface area contributed by atoms with Crippen LogP contribution < -0.4 is 10.1 Å². The fourth-order valence-electron chi connectivity index (χ4n) is 1.27. The predicted molar refractivity (Wildman–Crippen MR) is 64.1 cm³/mol. The predicted octanol–water partition coefficient (Wildman–Crippen LogP) is 2.75. The lowest BCUT2D eigenvalue weighted by atomic mass is 10.2. The van der Waals surface area contributed by atoms with Gasteiger partial charge in [-0.3, -0.25) is 0 Å². The molecule has 1 N–H and O–H groups in total. The van der Waals surface area contributed by atoms with Crippen molar-refractivity contribution in [3.05, 3.63) is 42.5 Å². The van der Waals surface area contributed by atoms with Crippen LogP contribution in [-0.4, -0.2) is 12.6 Å². The number of rotatable bonds is 6. The lowest BCUT2D eigenvalue weighted by Gasteiger charge is -2.14. The third-order valence-corrected chi connectivity index (χ3v) is 2.18. The van der Waals surface area contributed by atoms with E-state index in [4.69, 9.17) is 4.74 Å². The van der Waals surface area contributed by atoms with Crippen LogP contribution in [0.2, 0.25) is 0 Å². The first-order valence-corrected chi connectivity index (χ1v) is 5.35. The van der Waals surface area contributed by atoms with E-state index in [-0.39, 0.29) is 6.10 Å². The Balaban J connectivity index is 2.71. The van der Waals surface area contributed by atoms with Gasteiger partial charge in [-0.2, -0.15) is 0 Å². The molecule has 0 aromatic heterocycles. The van der Waals surface area contributed by atoms with Crippen LogP contribution >= 0.6 is 0 Å². The molecular formula is C13H19NO. The SMILES string of the molecule is C=CC(C)Oc1ccccc1CNCC. The highest BCUT2D eigenvalue weighted by molar-refractivity contribution is 5.33. The van der Waals surface area contributed by atoms with Crippen LogP contribution in [0, 0.1) is 0 Å². The molecule has 0 aliphatic rings. The molecule has 0 bridgehead atoms. The number of nitrogens with one attached hydrogen (secondary N) is 1. The summed E-state index contributed by atoms with van der Waals surface area (Å²) in [6, 6.07) is 8.08. The summed E-state index contributed by atoms with van der Waals surface area (Å²) in [5, 5.41) is 3.29. The Morgan fingerprint density at radius 1 is 1.47 bits per heavy atom. The van der Waals surface area contributed by atoms with Crippen LogP contribution in [0.15, 0.2) is 36.9 Å². The van der Waals surface area contributed by atoms with Gasteiger partial charge in [-0.1, -0.05) is 37.8 Å². The minimum absolute atomic E-state index is 0.0489. The molecule has 15 heavy (non-hydrogen) atoms. The third-order valence-electron chi connectivity index (χ3n) is 2.18. The van der Waals surface area contributed by atoms with Gasteiger partial charge in [0.2, 0.25) is 0 Å². The molecule has 0 aliphatic carbocycles. The van der Waals surface area contributed by atoms with Crippen molar-refractivity contribution in [3.8, 4) is 5.75 Å². The van der Waals surface area contributed by atoms with Crippen LogP contribution in [0.1, 0.15) is 19.4 Å². The van der Waals surface area contributed by atoms with Gasteiger partial charge in [-0.15, -0.1) is 0 Å². The van der Waals surface area contributed by atoms with E-state index in [1.165, 1.54) is 5.56 Å². The number of hydrogen-bond acceptors (Lipinski definition) is 2. The smallest absolute Gasteiger partial charge is 0.124 e. The monoisotopic (exact) mass is 205 g/mol. The van der Waals surface area contributed by atoms with Gasteiger partial charge < -0.3 is 10.1 Å². The second-order valence-corrected chi connectivity index (χ2v) is 3.45. The normalized spacial score (nSPS) is 12.1. The Morgan fingerprint density at radius 2 is 2.20 bits per heavy atom. The number of para-hydroxylation sites is 1. The van der Waals surface area contributed by atoms with Gasteiger partial charge in [-0.25, -0.2) is 0 Å². The molecule has 82 valence electrons. The summed E-state index contributed by atoms with van der Waals surface area (Å²) in [6.07, 6.45) is 1.84. The highest BCUT2D eigenvalue weighted by atomic mass is 16.5. The molecule has 0 heterocycles. The van der Waals surface area contributed by atoms with E-state index in [0.29, 0.717) is 0 Å². The average Bonchev–Trinajstić information content (AvgIpc) is 2.28. The Kier molecular flexibility index (Phi) is 4.91. The molecule has 2 heteroatoms. The van der Waals surface area contributed by atoms with Crippen molar-refractivity contribution in [1.82, 2.24) is 5.32 Å². The van der Waals surface area contributed by atoms with E-state index in [0.717, 1.165) is 18.8 Å². The molecule has 0 fully saturated rings. The number of ether oxygens (including phenoxy) is 1. The van der Waals surface area contributed by atoms with Crippen molar-refractivity contribution in [2.24, 2.45) is 0 Å². The Morgan fingerprint density at radius 3 is 2.87 bits per heavy atom. The first-order valence-electron chi connectivity index (χ1n) is 5.35. The van der Waals surface area contributed by atoms with Gasteiger partial charge in [0.25, 0.3) is 0 Å². The van der Waals surface area contributed by atoms with Crippen molar-refractivity contribution in [2.75, 3.05) is 6.54 Å². The Bertz CT molecular complexity index is 309. The third kappa shape index (κ3) is 3.76. The highest BCUT2D eigenvalue weighted by Crippen LogP contribution is 2.19. The standard InChI is InChI=1S/C13H19NO/c1-4-11(3)15-13-9-7-6-8-12(13)10-14-5-2/h4,6-9,11,14H,1,5,10H2,2-3H3. The quantitative estimate of drug-likeness (QED) is 0.721. The van der Waals surface area contributed by atoms with Gasteiger partial charge in [0.1, 0.15) is 11.9 Å². The summed E-state index contributed by atoms with van der Waals surface area (Å²) in [6.45, 7) is 9.59. The molecule has 0 aliphatic heterocycles. The lowest BCUT2D eigenvalue weighted by molar-refractivity contribution is 0.267. The van der Waals surface area contributed by atoms with E-state index in [1.54, 1.807) is 6.08 Å². The molecule has 1 rings (SSSR count). The lowest BCUT2D eigenvalue weighted by Crippen LogP contribution is -2.14. The van der Waals surface area contributed by atoms with Gasteiger partial charge in [0.15, 0.2) is 0 Å². The molecule has 1 atom stereocenters. The van der Waals surface area contributed by atoms with Crippen LogP contribution in [0.3, 0.4) is 0 Å². The molecule has 0 saturated carbocycles. The maximum absolute atomic E-state index is 5.73. The number of hydrogen-bond donors (Lipinski definition) is 1. The zero-order valence-corrected chi connectivity index (χ0v) is 9.49. The minimum Gasteiger partial charge on any atom is -0.486 e. The Labute approximate surface area is 92.0 Å². The summed E-state index contributed by atoms with van der Waals surface area (Å²) in [5.74, 6) is 0.936. The average molecular weight is 205 g/mol. The fraction of sp³-hybridized carbons (Fsp3) is 0.385. The van der Waals surface area contributed by atoms with Crippen LogP contribution in [0.25, 0.3) is 0 Å². The van der Waals surface area contributed by atoms with Crippen molar-refractivity contribution in [2.45, 2.75) is 26.5 Å². The zero-order valence-electron chi connectivity index (χ0n) is 9.49. The van der Waals surface area contributed by atoms with Crippen molar-refractivity contribution < 1.29 is 4.74 Å². The van der Waals surface area contributed by atoms with Crippen molar-refractivity contribution in [3.63, 3.8) is 0 Å². The summed E-state index contributed by atoms with van der Waals surface area (Å²) in [5.41, 5.74) is 1.19. The minimum atomic E-state index is 0.0489. The van der Waals surface area contributed by atoms with Crippen molar-refractivity contribution in [1.29, 1.82) is 0 Å². The van der Waals surface area contributed by atoms with E-state index in [2.05, 4.69) is 24.9 Å². The molecule has 0 amide bonds.